The summed E-state index contributed by atoms with van der Waals surface area (Å²) in [6.45, 7) is 17.7. The zero-order valence-corrected chi connectivity index (χ0v) is 19.9. The Hall–Kier alpha value is -0.203. The number of aliphatic hydroxyl groups excluding tert-OH is 1. The molecule has 4 nitrogen and oxygen atoms in total. The molecule has 0 spiro atoms. The van der Waals surface area contributed by atoms with E-state index in [4.69, 9.17) is 9.16 Å². The molecule has 1 rings (SSSR count). The predicted octanol–water partition coefficient (Wildman–Crippen LogP) is 5.05. The molecule has 1 aliphatic rings. The Balaban J connectivity index is 2.36. The van der Waals surface area contributed by atoms with Gasteiger partial charge in [0.2, 0.25) is 0 Å². The van der Waals surface area contributed by atoms with Gasteiger partial charge in [-0.15, -0.1) is 0 Å². The summed E-state index contributed by atoms with van der Waals surface area (Å²) < 4.78 is 12.6. The van der Waals surface area contributed by atoms with Gasteiger partial charge in [0.25, 0.3) is 0 Å². The van der Waals surface area contributed by atoms with Crippen LogP contribution >= 0.6 is 0 Å². The fourth-order valence-corrected chi connectivity index (χ4v) is 4.12. The molecule has 160 valence electrons. The Bertz CT molecular complexity index is 462. The van der Waals surface area contributed by atoms with Crippen LogP contribution in [0.1, 0.15) is 73.6 Å². The second-order valence-electron chi connectivity index (χ2n) is 10.4. The Morgan fingerprint density at radius 2 is 1.81 bits per heavy atom. The van der Waals surface area contributed by atoms with Gasteiger partial charge in [-0.2, -0.15) is 0 Å². The third-order valence-electron chi connectivity index (χ3n) is 6.20. The average molecular weight is 401 g/mol. The van der Waals surface area contributed by atoms with Crippen molar-refractivity contribution >= 4 is 8.32 Å². The zero-order valence-electron chi connectivity index (χ0n) is 18.9. The lowest BCUT2D eigenvalue weighted by molar-refractivity contribution is -0.0554. The molecule has 1 heterocycles. The lowest BCUT2D eigenvalue weighted by Crippen LogP contribution is -2.41. The maximum Gasteiger partial charge on any atom is 0.191 e. The molecule has 1 aliphatic heterocycles. The highest BCUT2D eigenvalue weighted by atomic mass is 28.4. The van der Waals surface area contributed by atoms with Gasteiger partial charge < -0.3 is 19.4 Å². The van der Waals surface area contributed by atoms with E-state index in [-0.39, 0.29) is 17.2 Å². The summed E-state index contributed by atoms with van der Waals surface area (Å²) in [7, 11) is -1.69. The zero-order chi connectivity index (χ0) is 20.9. The number of aliphatic hydroxyl groups is 2. The average Bonchev–Trinajstić information content (AvgIpc) is 2.50. The SMILES string of the molecule is C[C@@H](CCC(O)C(C)(C)O)C[C@@H]1CC=C[C@@H](CCO[Si](C)(C)C(C)(C)C)O1. The van der Waals surface area contributed by atoms with E-state index in [9.17, 15) is 10.2 Å². The van der Waals surface area contributed by atoms with Gasteiger partial charge in [-0.05, 0) is 70.0 Å². The first kappa shape index (κ1) is 24.8. The first-order valence-corrected chi connectivity index (χ1v) is 13.5. The molecule has 0 saturated heterocycles. The van der Waals surface area contributed by atoms with E-state index < -0.39 is 20.0 Å². The molecule has 0 radical (unpaired) electrons. The van der Waals surface area contributed by atoms with E-state index in [1.165, 1.54) is 0 Å². The van der Waals surface area contributed by atoms with Gasteiger partial charge in [0.15, 0.2) is 8.32 Å². The molecule has 0 aliphatic carbocycles. The number of hydrogen-bond donors (Lipinski definition) is 2. The highest BCUT2D eigenvalue weighted by Crippen LogP contribution is 2.36. The van der Waals surface area contributed by atoms with Crippen LogP contribution in [0.5, 0.6) is 0 Å². The fourth-order valence-electron chi connectivity index (χ4n) is 3.06. The molecule has 0 saturated carbocycles. The summed E-state index contributed by atoms with van der Waals surface area (Å²) in [5.74, 6) is 0.461. The van der Waals surface area contributed by atoms with Crippen molar-refractivity contribution < 1.29 is 19.4 Å². The first-order chi connectivity index (χ1) is 12.2. The van der Waals surface area contributed by atoms with Crippen molar-refractivity contribution in [1.82, 2.24) is 0 Å². The van der Waals surface area contributed by atoms with E-state index in [0.29, 0.717) is 12.3 Å². The highest BCUT2D eigenvalue weighted by molar-refractivity contribution is 6.74. The van der Waals surface area contributed by atoms with Gasteiger partial charge in [-0.3, -0.25) is 0 Å². The van der Waals surface area contributed by atoms with E-state index >= 15 is 0 Å². The standard InChI is InChI=1S/C22H44O4Si/c1-17(12-13-20(23)22(5,6)24)16-19-11-9-10-18(26-19)14-15-25-27(7,8)21(2,3)4/h9-10,17-20,23-24H,11-16H2,1-8H3/t17-,18-,19-,20?/m0/s1. The topological polar surface area (TPSA) is 58.9 Å². The van der Waals surface area contributed by atoms with E-state index in [1.807, 2.05) is 0 Å². The number of ether oxygens (including phenoxy) is 1. The van der Waals surface area contributed by atoms with Gasteiger partial charge in [-0.1, -0.05) is 39.8 Å². The molecular weight excluding hydrogens is 356 g/mol. The van der Waals surface area contributed by atoms with Crippen LogP contribution < -0.4 is 0 Å². The Morgan fingerprint density at radius 1 is 1.19 bits per heavy atom. The molecule has 1 unspecified atom stereocenters. The van der Waals surface area contributed by atoms with E-state index in [0.717, 1.165) is 32.3 Å². The lowest BCUT2D eigenvalue weighted by atomic mass is 9.90. The minimum atomic E-state index is -1.69. The van der Waals surface area contributed by atoms with Crippen molar-refractivity contribution in [3.63, 3.8) is 0 Å². The maximum atomic E-state index is 10.00. The molecule has 2 N–H and O–H groups in total. The summed E-state index contributed by atoms with van der Waals surface area (Å²) >= 11 is 0. The van der Waals surface area contributed by atoms with Crippen LogP contribution in [0.15, 0.2) is 12.2 Å². The van der Waals surface area contributed by atoms with Crippen LogP contribution in [0.2, 0.25) is 18.1 Å². The largest absolute Gasteiger partial charge is 0.417 e. The van der Waals surface area contributed by atoms with Crippen LogP contribution in [0, 0.1) is 5.92 Å². The van der Waals surface area contributed by atoms with Gasteiger partial charge in [0.1, 0.15) is 0 Å². The number of hydrogen-bond acceptors (Lipinski definition) is 4. The van der Waals surface area contributed by atoms with Gasteiger partial charge in [0.05, 0.1) is 23.9 Å². The van der Waals surface area contributed by atoms with Crippen LogP contribution in [0.25, 0.3) is 0 Å². The van der Waals surface area contributed by atoms with Crippen LogP contribution in [0.4, 0.5) is 0 Å². The Labute approximate surface area is 168 Å². The monoisotopic (exact) mass is 400 g/mol. The minimum absolute atomic E-state index is 0.141. The minimum Gasteiger partial charge on any atom is -0.417 e. The summed E-state index contributed by atoms with van der Waals surface area (Å²) in [6, 6.07) is 0. The summed E-state index contributed by atoms with van der Waals surface area (Å²) in [6.07, 6.45) is 8.49. The second kappa shape index (κ2) is 10.0. The lowest BCUT2D eigenvalue weighted by Gasteiger charge is -2.36. The molecule has 0 fully saturated rings. The fraction of sp³-hybridized carbons (Fsp3) is 0.909. The third-order valence-corrected chi connectivity index (χ3v) is 10.7. The van der Waals surface area contributed by atoms with Crippen LogP contribution in [-0.4, -0.2) is 49.1 Å². The number of rotatable bonds is 10. The summed E-state index contributed by atoms with van der Waals surface area (Å²) in [5, 5.41) is 20.1. The summed E-state index contributed by atoms with van der Waals surface area (Å²) in [5.41, 5.74) is -1.03. The van der Waals surface area contributed by atoms with Crippen molar-refractivity contribution in [3.8, 4) is 0 Å². The van der Waals surface area contributed by atoms with Crippen LogP contribution in [-0.2, 0) is 9.16 Å². The Kier molecular flexibility index (Phi) is 9.21. The van der Waals surface area contributed by atoms with Crippen LogP contribution in [0.3, 0.4) is 0 Å². The van der Waals surface area contributed by atoms with Crippen molar-refractivity contribution in [2.24, 2.45) is 5.92 Å². The van der Waals surface area contributed by atoms with E-state index in [1.54, 1.807) is 13.8 Å². The van der Waals surface area contributed by atoms with Gasteiger partial charge in [-0.25, -0.2) is 0 Å². The maximum absolute atomic E-state index is 10.00. The molecule has 0 aromatic rings. The second-order valence-corrected chi connectivity index (χ2v) is 15.3. The molecule has 4 atom stereocenters. The van der Waals surface area contributed by atoms with E-state index in [2.05, 4.69) is 52.9 Å². The molecule has 0 bridgehead atoms. The molecule has 27 heavy (non-hydrogen) atoms. The molecular formula is C22H44O4Si. The van der Waals surface area contributed by atoms with Gasteiger partial charge >= 0.3 is 0 Å². The normalized spacial score (nSPS) is 24.1. The van der Waals surface area contributed by atoms with Crippen molar-refractivity contribution in [1.29, 1.82) is 0 Å². The first-order valence-electron chi connectivity index (χ1n) is 10.6. The Morgan fingerprint density at radius 3 is 2.37 bits per heavy atom. The van der Waals surface area contributed by atoms with Crippen molar-refractivity contribution in [2.45, 2.75) is 116 Å². The third kappa shape index (κ3) is 8.78. The summed E-state index contributed by atoms with van der Waals surface area (Å²) in [4.78, 5) is 0. The quantitative estimate of drug-likeness (QED) is 0.398. The van der Waals surface area contributed by atoms with Crippen molar-refractivity contribution in [2.75, 3.05) is 6.61 Å². The van der Waals surface area contributed by atoms with Crippen molar-refractivity contribution in [3.05, 3.63) is 12.2 Å². The molecule has 0 aromatic carbocycles. The highest BCUT2D eigenvalue weighted by Gasteiger charge is 2.37. The molecule has 0 amide bonds. The smallest absolute Gasteiger partial charge is 0.191 e. The predicted molar refractivity (Wildman–Crippen MR) is 116 cm³/mol. The van der Waals surface area contributed by atoms with Gasteiger partial charge in [0, 0.05) is 6.61 Å². The molecule has 5 heteroatoms. The molecule has 0 aromatic heterocycles.